The van der Waals surface area contributed by atoms with Gasteiger partial charge in [-0.25, -0.2) is 0 Å². The molecular formula is C70H54N4. The van der Waals surface area contributed by atoms with E-state index in [1.54, 1.807) is 0 Å². The monoisotopic (exact) mass is 950 g/mol. The molecule has 0 radical (unpaired) electrons. The molecule has 354 valence electrons. The highest BCUT2D eigenvalue weighted by molar-refractivity contribution is 5.94. The molecule has 11 rings (SSSR count). The van der Waals surface area contributed by atoms with Gasteiger partial charge in [-0.2, -0.15) is 5.26 Å². The Morgan fingerprint density at radius 2 is 0.797 bits per heavy atom. The molecule has 0 unspecified atom stereocenters. The van der Waals surface area contributed by atoms with E-state index in [2.05, 4.69) is 206 Å². The first kappa shape index (κ1) is 47.0. The first-order chi connectivity index (χ1) is 36.4. The zero-order valence-electron chi connectivity index (χ0n) is 41.7. The van der Waals surface area contributed by atoms with Gasteiger partial charge < -0.3 is 0 Å². The third-order valence-electron chi connectivity index (χ3n) is 14.2. The summed E-state index contributed by atoms with van der Waals surface area (Å²) < 4.78 is 0. The summed E-state index contributed by atoms with van der Waals surface area (Å²) >= 11 is 0. The molecule has 0 amide bonds. The summed E-state index contributed by atoms with van der Waals surface area (Å²) in [6.45, 7) is 4.36. The highest BCUT2D eigenvalue weighted by atomic mass is 14.7. The summed E-state index contributed by atoms with van der Waals surface area (Å²) in [5, 5.41) is 9.46. The Morgan fingerprint density at radius 1 is 0.311 bits per heavy atom. The lowest BCUT2D eigenvalue weighted by atomic mass is 9.86. The van der Waals surface area contributed by atoms with Crippen molar-refractivity contribution in [1.82, 2.24) is 15.0 Å². The van der Waals surface area contributed by atoms with Crippen LogP contribution in [0.5, 0.6) is 0 Å². The molecule has 3 heterocycles. The molecule has 3 aromatic heterocycles. The van der Waals surface area contributed by atoms with Crippen LogP contribution in [-0.2, 0) is 25.7 Å². The number of aromatic nitrogens is 3. The Labute approximate surface area is 435 Å². The number of rotatable bonds is 14. The Bertz CT molecular complexity index is 3640. The molecule has 0 saturated heterocycles. The highest BCUT2D eigenvalue weighted by Gasteiger charge is 2.17. The highest BCUT2D eigenvalue weighted by Crippen LogP contribution is 2.42. The van der Waals surface area contributed by atoms with Crippen LogP contribution in [0.15, 0.2) is 243 Å². The summed E-state index contributed by atoms with van der Waals surface area (Å²) in [5.74, 6) is 0. The number of pyridine rings is 3. The molecule has 4 heteroatoms. The number of nitriles is 1. The first-order valence-corrected chi connectivity index (χ1v) is 25.4. The molecule has 0 saturated carbocycles. The number of benzene rings is 8. The predicted molar refractivity (Wildman–Crippen MR) is 305 cm³/mol. The first-order valence-electron chi connectivity index (χ1n) is 25.4. The van der Waals surface area contributed by atoms with Crippen LogP contribution in [0.25, 0.3) is 89.4 Å². The minimum Gasteiger partial charge on any atom is -0.256 e. The Kier molecular flexibility index (Phi) is 13.7. The second kappa shape index (κ2) is 21.6. The molecular weight excluding hydrogens is 897 g/mol. The second-order valence-electron chi connectivity index (χ2n) is 19.1. The molecule has 0 N–H and O–H groups in total. The summed E-state index contributed by atoms with van der Waals surface area (Å²) in [7, 11) is 0. The lowest BCUT2D eigenvalue weighted by molar-refractivity contribution is 0.931. The number of nitrogens with zero attached hydrogens (tertiary/aromatic N) is 4. The number of hydrogen-bond donors (Lipinski definition) is 0. The molecule has 0 fully saturated rings. The average Bonchev–Trinajstić information content (AvgIpc) is 3.47. The summed E-state index contributed by atoms with van der Waals surface area (Å²) in [5.41, 5.74) is 26.1. The van der Waals surface area contributed by atoms with E-state index in [9.17, 15) is 5.26 Å². The van der Waals surface area contributed by atoms with E-state index in [1.807, 2.05) is 67.1 Å². The maximum Gasteiger partial charge on any atom is 0.0991 e. The molecule has 74 heavy (non-hydrogen) atoms. The topological polar surface area (TPSA) is 62.5 Å². The Hall–Kier alpha value is -9.30. The van der Waals surface area contributed by atoms with Gasteiger partial charge in [0.2, 0.25) is 0 Å². The van der Waals surface area contributed by atoms with Crippen LogP contribution < -0.4 is 0 Å². The minimum absolute atomic E-state index is 0.650. The zero-order chi connectivity index (χ0) is 50.2. The fraction of sp³-hybridized carbons (Fsp3) is 0.0857. The van der Waals surface area contributed by atoms with E-state index in [0.29, 0.717) is 5.56 Å². The van der Waals surface area contributed by atoms with Gasteiger partial charge in [-0.05, 0) is 183 Å². The van der Waals surface area contributed by atoms with Gasteiger partial charge in [0.15, 0.2) is 0 Å². The van der Waals surface area contributed by atoms with E-state index in [4.69, 9.17) is 4.98 Å². The summed E-state index contributed by atoms with van der Waals surface area (Å²) in [6.07, 6.45) is 9.29. The van der Waals surface area contributed by atoms with Crippen molar-refractivity contribution in [3.05, 3.63) is 282 Å². The molecule has 0 aliphatic heterocycles. The third-order valence-corrected chi connectivity index (χ3v) is 14.2. The molecule has 8 aromatic carbocycles. The molecule has 0 aliphatic rings. The number of aryl methyl sites for hydroxylation is 6. The van der Waals surface area contributed by atoms with Gasteiger partial charge in [-0.1, -0.05) is 170 Å². The average molecular weight is 951 g/mol. The van der Waals surface area contributed by atoms with Crippen LogP contribution in [0.3, 0.4) is 0 Å². The van der Waals surface area contributed by atoms with Gasteiger partial charge >= 0.3 is 0 Å². The van der Waals surface area contributed by atoms with Crippen molar-refractivity contribution >= 4 is 0 Å². The SMILES string of the molecule is Cc1cccc(C)c1-c1ccnc(-c2ccc(-c3ccccc3-c3cc(CCc4ccc(-c5ccccn5)cc4)cc(CCc4ccc(-c5ccccn5)cc4)c3)c(-c3ccc(-c4ccc(C#N)cc4)cc3)c2)c1. The van der Waals surface area contributed by atoms with Crippen molar-refractivity contribution in [1.29, 1.82) is 5.26 Å². The fourth-order valence-electron chi connectivity index (χ4n) is 10.3. The fourth-order valence-corrected chi connectivity index (χ4v) is 10.3. The van der Waals surface area contributed by atoms with Crippen LogP contribution in [0.4, 0.5) is 0 Å². The van der Waals surface area contributed by atoms with Crippen LogP contribution in [0.2, 0.25) is 0 Å². The molecule has 0 atom stereocenters. The molecule has 11 aromatic rings. The summed E-state index contributed by atoms with van der Waals surface area (Å²) in [4.78, 5) is 14.1. The Morgan fingerprint density at radius 3 is 1.36 bits per heavy atom. The van der Waals surface area contributed by atoms with E-state index in [0.717, 1.165) is 92.8 Å². The summed E-state index contributed by atoms with van der Waals surface area (Å²) in [6, 6.07) is 82.5. The lowest BCUT2D eigenvalue weighted by Gasteiger charge is -2.18. The van der Waals surface area contributed by atoms with Crippen molar-refractivity contribution in [2.45, 2.75) is 39.5 Å². The van der Waals surface area contributed by atoms with E-state index in [-0.39, 0.29) is 0 Å². The van der Waals surface area contributed by atoms with Crippen LogP contribution in [-0.4, -0.2) is 15.0 Å². The van der Waals surface area contributed by atoms with Crippen LogP contribution >= 0.6 is 0 Å². The molecule has 0 aliphatic carbocycles. The lowest BCUT2D eigenvalue weighted by Crippen LogP contribution is -1.98. The third kappa shape index (κ3) is 10.5. The van der Waals surface area contributed by atoms with Crippen molar-refractivity contribution in [3.8, 4) is 95.5 Å². The van der Waals surface area contributed by atoms with Crippen molar-refractivity contribution in [2.75, 3.05) is 0 Å². The normalized spacial score (nSPS) is 11.0. The van der Waals surface area contributed by atoms with Gasteiger partial charge in [-0.3, -0.25) is 15.0 Å². The van der Waals surface area contributed by atoms with Crippen molar-refractivity contribution < 1.29 is 0 Å². The van der Waals surface area contributed by atoms with Crippen molar-refractivity contribution in [2.24, 2.45) is 0 Å². The quantitative estimate of drug-likeness (QED) is 0.109. The van der Waals surface area contributed by atoms with Crippen molar-refractivity contribution in [3.63, 3.8) is 0 Å². The number of hydrogen-bond acceptors (Lipinski definition) is 4. The van der Waals surface area contributed by atoms with Gasteiger partial charge in [-0.15, -0.1) is 0 Å². The van der Waals surface area contributed by atoms with E-state index in [1.165, 1.54) is 55.6 Å². The maximum atomic E-state index is 9.46. The van der Waals surface area contributed by atoms with Gasteiger partial charge in [0.1, 0.15) is 0 Å². The van der Waals surface area contributed by atoms with Crippen LogP contribution in [0.1, 0.15) is 38.9 Å². The Balaban J connectivity index is 0.979. The van der Waals surface area contributed by atoms with E-state index >= 15 is 0 Å². The predicted octanol–water partition coefficient (Wildman–Crippen LogP) is 17.3. The van der Waals surface area contributed by atoms with Gasteiger partial charge in [0.25, 0.3) is 0 Å². The zero-order valence-corrected chi connectivity index (χ0v) is 41.7. The maximum absolute atomic E-state index is 9.46. The second-order valence-corrected chi connectivity index (χ2v) is 19.1. The standard InChI is InChI=1S/C70H54N4/c1-48-10-9-11-49(2)70(48)61-38-41-74-69(46-61)60-36-37-65(66(45-60)57-34-32-56(33-35-57)55-26-24-52(47-71)25-27-55)64-13-4-3-12-63(64)62-43-53(18-16-50-20-28-58(29-21-50)67-14-5-7-39-72-67)42-54(44-62)19-17-51-22-30-59(31-23-51)68-15-6-8-40-73-68/h3-15,20-46H,16-19H2,1-2H3. The molecule has 4 nitrogen and oxygen atoms in total. The smallest absolute Gasteiger partial charge is 0.0991 e. The van der Waals surface area contributed by atoms with Gasteiger partial charge in [0.05, 0.1) is 28.7 Å². The largest absolute Gasteiger partial charge is 0.256 e. The van der Waals surface area contributed by atoms with Crippen LogP contribution in [0, 0.1) is 25.2 Å². The molecule has 0 spiro atoms. The minimum atomic E-state index is 0.650. The molecule has 0 bridgehead atoms. The van der Waals surface area contributed by atoms with E-state index < -0.39 is 0 Å². The van der Waals surface area contributed by atoms with Gasteiger partial charge in [0, 0.05) is 35.3 Å².